The number of aromatic nitrogens is 2. The van der Waals surface area contributed by atoms with E-state index in [0.29, 0.717) is 17.6 Å². The van der Waals surface area contributed by atoms with Crippen LogP contribution in [-0.4, -0.2) is 42.6 Å². The second kappa shape index (κ2) is 7.03. The van der Waals surface area contributed by atoms with Crippen LogP contribution in [0.4, 0.5) is 13.2 Å². The molecule has 8 heteroatoms. The van der Waals surface area contributed by atoms with Gasteiger partial charge >= 0.3 is 6.18 Å². The van der Waals surface area contributed by atoms with Gasteiger partial charge in [-0.1, -0.05) is 5.16 Å². The highest BCUT2D eigenvalue weighted by molar-refractivity contribution is 4.90. The first-order chi connectivity index (χ1) is 9.53. The maximum absolute atomic E-state index is 11.9. The van der Waals surface area contributed by atoms with Gasteiger partial charge < -0.3 is 14.6 Å². The van der Waals surface area contributed by atoms with Gasteiger partial charge in [-0.2, -0.15) is 18.2 Å². The molecule has 5 nitrogen and oxygen atoms in total. The Morgan fingerprint density at radius 3 is 2.95 bits per heavy atom. The Hall–Kier alpha value is -1.15. The molecule has 0 aromatic carbocycles. The van der Waals surface area contributed by atoms with E-state index < -0.39 is 12.8 Å². The van der Waals surface area contributed by atoms with Crippen molar-refractivity contribution in [3.8, 4) is 0 Å². The molecule has 1 saturated heterocycles. The molecule has 0 radical (unpaired) electrons. The van der Waals surface area contributed by atoms with E-state index in [1.165, 1.54) is 0 Å². The van der Waals surface area contributed by atoms with E-state index in [4.69, 9.17) is 4.52 Å². The fourth-order valence-electron chi connectivity index (χ4n) is 2.18. The highest BCUT2D eigenvalue weighted by Gasteiger charge is 2.27. The van der Waals surface area contributed by atoms with E-state index >= 15 is 0 Å². The summed E-state index contributed by atoms with van der Waals surface area (Å²) in [5, 5.41) is 7.15. The standard InChI is InChI=1S/C12H18F3N3O2/c13-12(14,15)8-19-5-3-11-17-10(18-20-11)6-9-2-1-4-16-7-9/h9,16H,1-8H2. The van der Waals surface area contributed by atoms with Crippen molar-refractivity contribution in [2.75, 3.05) is 26.3 Å². The summed E-state index contributed by atoms with van der Waals surface area (Å²) >= 11 is 0. The van der Waals surface area contributed by atoms with Crippen LogP contribution in [0.2, 0.25) is 0 Å². The Kier molecular flexibility index (Phi) is 5.36. The molecule has 0 spiro atoms. The molecule has 1 atom stereocenters. The number of rotatable bonds is 6. The molecule has 1 aromatic rings. The molecule has 1 fully saturated rings. The van der Waals surface area contributed by atoms with Gasteiger partial charge in [0, 0.05) is 6.42 Å². The highest BCUT2D eigenvalue weighted by atomic mass is 19.4. The van der Waals surface area contributed by atoms with Gasteiger partial charge in [-0.3, -0.25) is 0 Å². The van der Waals surface area contributed by atoms with Crippen molar-refractivity contribution >= 4 is 0 Å². The summed E-state index contributed by atoms with van der Waals surface area (Å²) in [7, 11) is 0. The molecular formula is C12H18F3N3O2. The molecule has 0 amide bonds. The lowest BCUT2D eigenvalue weighted by Crippen LogP contribution is -2.31. The normalized spacial score (nSPS) is 20.2. The summed E-state index contributed by atoms with van der Waals surface area (Å²) in [4.78, 5) is 4.17. The van der Waals surface area contributed by atoms with Crippen molar-refractivity contribution in [1.82, 2.24) is 15.5 Å². The van der Waals surface area contributed by atoms with Gasteiger partial charge in [0.2, 0.25) is 5.89 Å². The van der Waals surface area contributed by atoms with E-state index in [1.807, 2.05) is 0 Å². The first-order valence-corrected chi connectivity index (χ1v) is 6.69. The summed E-state index contributed by atoms with van der Waals surface area (Å²) in [6, 6.07) is 0. The smallest absolute Gasteiger partial charge is 0.372 e. The lowest BCUT2D eigenvalue weighted by Gasteiger charge is -2.20. The maximum Gasteiger partial charge on any atom is 0.411 e. The first kappa shape index (κ1) is 15.2. The zero-order valence-corrected chi connectivity index (χ0v) is 11.1. The lowest BCUT2D eigenvalue weighted by atomic mass is 9.96. The van der Waals surface area contributed by atoms with E-state index in [1.54, 1.807) is 0 Å². The average Bonchev–Trinajstić information content (AvgIpc) is 2.82. The second-order valence-corrected chi connectivity index (χ2v) is 4.94. The molecule has 0 bridgehead atoms. The summed E-state index contributed by atoms with van der Waals surface area (Å²) in [6.07, 6.45) is -1.09. The molecule has 0 saturated carbocycles. The molecule has 1 aliphatic heterocycles. The Morgan fingerprint density at radius 1 is 1.40 bits per heavy atom. The zero-order chi connectivity index (χ0) is 14.4. The van der Waals surface area contributed by atoms with E-state index in [0.717, 1.165) is 32.4 Å². The van der Waals surface area contributed by atoms with Crippen LogP contribution >= 0.6 is 0 Å². The maximum atomic E-state index is 11.9. The van der Waals surface area contributed by atoms with Crippen LogP contribution in [0.15, 0.2) is 4.52 Å². The predicted octanol–water partition coefficient (Wildman–Crippen LogP) is 1.73. The Bertz CT molecular complexity index is 403. The molecule has 114 valence electrons. The number of piperidine rings is 1. The SMILES string of the molecule is FC(F)(F)COCCc1nc(CC2CCCNC2)no1. The molecule has 2 rings (SSSR count). The van der Waals surface area contributed by atoms with Gasteiger partial charge in [0.25, 0.3) is 0 Å². The third-order valence-corrected chi connectivity index (χ3v) is 3.11. The van der Waals surface area contributed by atoms with Crippen LogP contribution in [0.3, 0.4) is 0 Å². The number of halogens is 3. The van der Waals surface area contributed by atoms with Crippen LogP contribution in [0.5, 0.6) is 0 Å². The monoisotopic (exact) mass is 293 g/mol. The molecule has 2 heterocycles. The van der Waals surface area contributed by atoms with Crippen LogP contribution < -0.4 is 5.32 Å². The van der Waals surface area contributed by atoms with Crippen LogP contribution in [0.1, 0.15) is 24.6 Å². The molecule has 1 N–H and O–H groups in total. The Morgan fingerprint density at radius 2 is 2.25 bits per heavy atom. The first-order valence-electron chi connectivity index (χ1n) is 6.69. The van der Waals surface area contributed by atoms with Crippen molar-refractivity contribution < 1.29 is 22.4 Å². The summed E-state index contributed by atoms with van der Waals surface area (Å²) in [6.45, 7) is 0.664. The molecule has 1 aliphatic rings. The largest absolute Gasteiger partial charge is 0.411 e. The molecule has 1 unspecified atom stereocenters. The molecule has 1 aromatic heterocycles. The van der Waals surface area contributed by atoms with Crippen molar-refractivity contribution in [2.24, 2.45) is 5.92 Å². The third-order valence-electron chi connectivity index (χ3n) is 3.11. The molecular weight excluding hydrogens is 275 g/mol. The van der Waals surface area contributed by atoms with Crippen molar-refractivity contribution in [3.05, 3.63) is 11.7 Å². The number of hydrogen-bond acceptors (Lipinski definition) is 5. The van der Waals surface area contributed by atoms with E-state index in [-0.39, 0.29) is 13.0 Å². The summed E-state index contributed by atoms with van der Waals surface area (Å²) in [5.74, 6) is 1.44. The van der Waals surface area contributed by atoms with Crippen molar-refractivity contribution in [2.45, 2.75) is 31.9 Å². The average molecular weight is 293 g/mol. The van der Waals surface area contributed by atoms with Gasteiger partial charge in [-0.15, -0.1) is 0 Å². The molecule has 0 aliphatic carbocycles. The number of ether oxygens (including phenoxy) is 1. The third kappa shape index (κ3) is 5.46. The fourth-order valence-corrected chi connectivity index (χ4v) is 2.18. The summed E-state index contributed by atoms with van der Waals surface area (Å²) < 4.78 is 45.1. The van der Waals surface area contributed by atoms with Crippen molar-refractivity contribution in [1.29, 1.82) is 0 Å². The Balaban J connectivity index is 1.69. The van der Waals surface area contributed by atoms with Gasteiger partial charge in [0.05, 0.1) is 13.0 Å². The van der Waals surface area contributed by atoms with E-state index in [9.17, 15) is 13.2 Å². The van der Waals surface area contributed by atoms with Gasteiger partial charge in [-0.05, 0) is 31.8 Å². The minimum atomic E-state index is -4.30. The minimum absolute atomic E-state index is 0.0773. The zero-order valence-electron chi connectivity index (χ0n) is 11.1. The number of nitrogens with zero attached hydrogens (tertiary/aromatic N) is 2. The Labute approximate surface area is 114 Å². The lowest BCUT2D eigenvalue weighted by molar-refractivity contribution is -0.173. The predicted molar refractivity (Wildman–Crippen MR) is 64.2 cm³/mol. The number of alkyl halides is 3. The topological polar surface area (TPSA) is 60.2 Å². The second-order valence-electron chi connectivity index (χ2n) is 4.94. The quantitative estimate of drug-likeness (QED) is 0.809. The fraction of sp³-hybridized carbons (Fsp3) is 0.833. The van der Waals surface area contributed by atoms with Gasteiger partial charge in [-0.25, -0.2) is 0 Å². The van der Waals surface area contributed by atoms with E-state index in [2.05, 4.69) is 20.2 Å². The van der Waals surface area contributed by atoms with Crippen molar-refractivity contribution in [3.63, 3.8) is 0 Å². The molecule has 20 heavy (non-hydrogen) atoms. The van der Waals surface area contributed by atoms with Crippen LogP contribution in [0.25, 0.3) is 0 Å². The number of nitrogens with one attached hydrogen (secondary N) is 1. The van der Waals surface area contributed by atoms with Gasteiger partial charge in [0.15, 0.2) is 5.82 Å². The summed E-state index contributed by atoms with van der Waals surface area (Å²) in [5.41, 5.74) is 0. The van der Waals surface area contributed by atoms with Crippen LogP contribution in [0, 0.1) is 5.92 Å². The number of hydrogen-bond donors (Lipinski definition) is 1. The highest BCUT2D eigenvalue weighted by Crippen LogP contribution is 2.16. The van der Waals surface area contributed by atoms with Crippen LogP contribution in [-0.2, 0) is 17.6 Å². The minimum Gasteiger partial charge on any atom is -0.372 e. The van der Waals surface area contributed by atoms with Gasteiger partial charge in [0.1, 0.15) is 6.61 Å².